The molecular formula is C17H32N2O3. The van der Waals surface area contributed by atoms with Crippen molar-refractivity contribution in [1.82, 2.24) is 9.97 Å². The smallest absolute Gasteiger partial charge is 0.292 e. The van der Waals surface area contributed by atoms with Gasteiger partial charge in [0, 0.05) is 33.2 Å². The van der Waals surface area contributed by atoms with Gasteiger partial charge in [0.15, 0.2) is 0 Å². The Hall–Kier alpha value is -0.910. The van der Waals surface area contributed by atoms with Crippen LogP contribution in [0.3, 0.4) is 0 Å². The molecule has 1 heterocycles. The van der Waals surface area contributed by atoms with E-state index in [0.717, 1.165) is 24.4 Å². The van der Waals surface area contributed by atoms with Crippen LogP contribution < -0.4 is 0 Å². The molecule has 5 nitrogen and oxygen atoms in total. The molecule has 0 amide bonds. The van der Waals surface area contributed by atoms with E-state index in [0.29, 0.717) is 0 Å². The second-order valence-corrected chi connectivity index (χ2v) is 5.78. The number of nitrogens with one attached hydrogen (secondary N) is 1. The van der Waals surface area contributed by atoms with Gasteiger partial charge in [-0.1, -0.05) is 45.4 Å². The molecule has 0 saturated heterocycles. The van der Waals surface area contributed by atoms with Crippen LogP contribution in [0.25, 0.3) is 0 Å². The molecule has 0 fully saturated rings. The predicted molar refractivity (Wildman–Crippen MR) is 87.8 cm³/mol. The molecule has 1 aromatic rings. The van der Waals surface area contributed by atoms with Gasteiger partial charge < -0.3 is 19.2 Å². The third-order valence-corrected chi connectivity index (χ3v) is 4.18. The molecule has 0 aliphatic carbocycles. The number of aromatic amines is 1. The molecule has 5 heteroatoms. The standard InChI is InChI=1S/C17H32N2O3/c1-6-7-8-9-10-11-12-15(16-18-13-14(2)19-16)17(20-3,21-4)22-5/h13,15H,6-12H2,1-5H3,(H,18,19). The Kier molecular flexibility index (Phi) is 8.68. The van der Waals surface area contributed by atoms with Crippen LogP contribution in [0.4, 0.5) is 0 Å². The Bertz CT molecular complexity index is 394. The predicted octanol–water partition coefficient (Wildman–Crippen LogP) is 4.15. The second kappa shape index (κ2) is 9.98. The van der Waals surface area contributed by atoms with Crippen molar-refractivity contribution in [3.05, 3.63) is 17.7 Å². The lowest BCUT2D eigenvalue weighted by Crippen LogP contribution is -2.43. The minimum Gasteiger partial charge on any atom is -0.346 e. The first-order chi connectivity index (χ1) is 10.6. The van der Waals surface area contributed by atoms with Gasteiger partial charge in [-0.2, -0.15) is 0 Å². The number of hydrogen-bond acceptors (Lipinski definition) is 4. The molecule has 0 bridgehead atoms. The number of hydrogen-bond donors (Lipinski definition) is 1. The third kappa shape index (κ3) is 5.07. The van der Waals surface area contributed by atoms with Gasteiger partial charge in [0.05, 0.1) is 5.92 Å². The Labute approximate surface area is 134 Å². The summed E-state index contributed by atoms with van der Waals surface area (Å²) in [7, 11) is 4.82. The van der Waals surface area contributed by atoms with Gasteiger partial charge in [-0.25, -0.2) is 4.98 Å². The van der Waals surface area contributed by atoms with Gasteiger partial charge in [0.25, 0.3) is 5.97 Å². The zero-order chi connectivity index (χ0) is 16.4. The Morgan fingerprint density at radius 3 is 2.14 bits per heavy atom. The van der Waals surface area contributed by atoms with Gasteiger partial charge in [-0.15, -0.1) is 0 Å². The van der Waals surface area contributed by atoms with Gasteiger partial charge in [-0.05, 0) is 13.3 Å². The first-order valence-electron chi connectivity index (χ1n) is 8.30. The number of rotatable bonds is 12. The van der Waals surface area contributed by atoms with E-state index in [1.165, 1.54) is 32.1 Å². The Morgan fingerprint density at radius 1 is 1.05 bits per heavy atom. The van der Waals surface area contributed by atoms with E-state index in [1.807, 2.05) is 13.1 Å². The maximum Gasteiger partial charge on any atom is 0.292 e. The van der Waals surface area contributed by atoms with Crippen LogP contribution in [0.15, 0.2) is 6.20 Å². The summed E-state index contributed by atoms with van der Waals surface area (Å²) >= 11 is 0. The summed E-state index contributed by atoms with van der Waals surface area (Å²) in [4.78, 5) is 7.75. The first kappa shape index (κ1) is 19.1. The SMILES string of the molecule is CCCCCCCCC(c1ncc(C)[nH]1)C(OC)(OC)OC. The molecule has 0 spiro atoms. The van der Waals surface area contributed by atoms with E-state index >= 15 is 0 Å². The maximum absolute atomic E-state index is 5.55. The van der Waals surface area contributed by atoms with E-state index < -0.39 is 5.97 Å². The monoisotopic (exact) mass is 312 g/mol. The van der Waals surface area contributed by atoms with Crippen molar-refractivity contribution >= 4 is 0 Å². The van der Waals surface area contributed by atoms with Crippen molar-refractivity contribution in [3.63, 3.8) is 0 Å². The topological polar surface area (TPSA) is 56.4 Å². The van der Waals surface area contributed by atoms with Gasteiger partial charge >= 0.3 is 0 Å². The van der Waals surface area contributed by atoms with Crippen LogP contribution in [0.5, 0.6) is 0 Å². The molecule has 1 rings (SSSR count). The van der Waals surface area contributed by atoms with E-state index in [2.05, 4.69) is 16.9 Å². The Balaban J connectivity index is 2.71. The van der Waals surface area contributed by atoms with E-state index in [-0.39, 0.29) is 5.92 Å². The molecule has 22 heavy (non-hydrogen) atoms. The molecule has 1 aromatic heterocycles. The minimum atomic E-state index is -1.09. The number of aromatic nitrogens is 2. The molecule has 1 N–H and O–H groups in total. The molecule has 0 saturated carbocycles. The highest BCUT2D eigenvalue weighted by molar-refractivity contribution is 5.06. The highest BCUT2D eigenvalue weighted by atomic mass is 16.9. The number of imidazole rings is 1. The Morgan fingerprint density at radius 2 is 1.64 bits per heavy atom. The highest BCUT2D eigenvalue weighted by Gasteiger charge is 2.42. The van der Waals surface area contributed by atoms with Crippen molar-refractivity contribution in [2.24, 2.45) is 0 Å². The van der Waals surface area contributed by atoms with E-state index in [4.69, 9.17) is 14.2 Å². The van der Waals surface area contributed by atoms with Crippen molar-refractivity contribution in [1.29, 1.82) is 0 Å². The zero-order valence-electron chi connectivity index (χ0n) is 14.8. The number of nitrogens with zero attached hydrogens (tertiary/aromatic N) is 1. The normalized spacial score (nSPS) is 13.5. The van der Waals surface area contributed by atoms with Gasteiger partial charge in [0.2, 0.25) is 0 Å². The summed E-state index contributed by atoms with van der Waals surface area (Å²) in [5.74, 6) is -0.308. The molecule has 1 atom stereocenters. The largest absolute Gasteiger partial charge is 0.346 e. The van der Waals surface area contributed by atoms with E-state index in [9.17, 15) is 0 Å². The van der Waals surface area contributed by atoms with Crippen molar-refractivity contribution in [2.75, 3.05) is 21.3 Å². The molecule has 0 radical (unpaired) electrons. The minimum absolute atomic E-state index is 0.0765. The fourth-order valence-electron chi connectivity index (χ4n) is 2.90. The summed E-state index contributed by atoms with van der Waals surface area (Å²) < 4.78 is 16.7. The number of unbranched alkanes of at least 4 members (excludes halogenated alkanes) is 5. The lowest BCUT2D eigenvalue weighted by atomic mass is 9.96. The van der Waals surface area contributed by atoms with Crippen LogP contribution in [0.1, 0.15) is 69.3 Å². The van der Waals surface area contributed by atoms with Crippen LogP contribution in [0, 0.1) is 6.92 Å². The van der Waals surface area contributed by atoms with Gasteiger partial charge in [-0.3, -0.25) is 0 Å². The van der Waals surface area contributed by atoms with Crippen molar-refractivity contribution in [3.8, 4) is 0 Å². The lowest BCUT2D eigenvalue weighted by molar-refractivity contribution is -0.365. The summed E-state index contributed by atoms with van der Waals surface area (Å²) in [5.41, 5.74) is 1.03. The summed E-state index contributed by atoms with van der Waals surface area (Å²) in [5, 5.41) is 0. The van der Waals surface area contributed by atoms with Crippen molar-refractivity contribution in [2.45, 2.75) is 70.7 Å². The first-order valence-corrected chi connectivity index (χ1v) is 8.30. The summed E-state index contributed by atoms with van der Waals surface area (Å²) in [6.07, 6.45) is 10.2. The molecular weight excluding hydrogens is 280 g/mol. The molecule has 0 aliphatic heterocycles. The quantitative estimate of drug-likeness (QED) is 0.465. The number of aryl methyl sites for hydroxylation is 1. The third-order valence-electron chi connectivity index (χ3n) is 4.18. The molecule has 0 aromatic carbocycles. The molecule has 128 valence electrons. The van der Waals surface area contributed by atoms with E-state index in [1.54, 1.807) is 21.3 Å². The van der Waals surface area contributed by atoms with Crippen LogP contribution in [-0.4, -0.2) is 37.3 Å². The summed E-state index contributed by atoms with van der Waals surface area (Å²) in [6, 6.07) is 0. The van der Waals surface area contributed by atoms with Gasteiger partial charge in [0.1, 0.15) is 5.82 Å². The highest BCUT2D eigenvalue weighted by Crippen LogP contribution is 2.35. The average Bonchev–Trinajstić information content (AvgIpc) is 2.96. The lowest BCUT2D eigenvalue weighted by Gasteiger charge is -2.35. The van der Waals surface area contributed by atoms with Crippen LogP contribution >= 0.6 is 0 Å². The maximum atomic E-state index is 5.55. The molecule has 1 unspecified atom stereocenters. The molecule has 0 aliphatic rings. The van der Waals surface area contributed by atoms with Crippen molar-refractivity contribution < 1.29 is 14.2 Å². The summed E-state index contributed by atoms with van der Waals surface area (Å²) in [6.45, 7) is 4.23. The zero-order valence-corrected chi connectivity index (χ0v) is 14.8. The van der Waals surface area contributed by atoms with Crippen LogP contribution in [-0.2, 0) is 14.2 Å². The second-order valence-electron chi connectivity index (χ2n) is 5.78. The fraction of sp³-hybridized carbons (Fsp3) is 0.824. The van der Waals surface area contributed by atoms with Crippen LogP contribution in [0.2, 0.25) is 0 Å². The number of ether oxygens (including phenoxy) is 3. The number of H-pyrrole nitrogens is 1. The fourth-order valence-corrected chi connectivity index (χ4v) is 2.90. The number of methoxy groups -OCH3 is 3. The average molecular weight is 312 g/mol.